The lowest BCUT2D eigenvalue weighted by atomic mass is 9.87. The van der Waals surface area contributed by atoms with Gasteiger partial charge in [-0.15, -0.1) is 0 Å². The summed E-state index contributed by atoms with van der Waals surface area (Å²) in [6.07, 6.45) is 1.17. The molecule has 5 nitrogen and oxygen atoms in total. The molecule has 1 aromatic rings. The van der Waals surface area contributed by atoms with Crippen molar-refractivity contribution in [2.45, 2.75) is 25.7 Å². The third-order valence-electron chi connectivity index (χ3n) is 3.17. The smallest absolute Gasteiger partial charge is 0.307 e. The van der Waals surface area contributed by atoms with E-state index in [0.29, 0.717) is 6.42 Å². The number of aromatic hydroxyl groups is 2. The highest BCUT2D eigenvalue weighted by atomic mass is 16.4. The first kappa shape index (κ1) is 14.3. The van der Waals surface area contributed by atoms with Gasteiger partial charge in [-0.25, -0.2) is 0 Å². The Hall–Kier alpha value is -1.75. The Bertz CT molecular complexity index is 419. The Morgan fingerprint density at radius 2 is 2.00 bits per heavy atom. The van der Waals surface area contributed by atoms with E-state index in [2.05, 4.69) is 0 Å². The summed E-state index contributed by atoms with van der Waals surface area (Å²) >= 11 is 0. The normalized spacial score (nSPS) is 14.1. The third-order valence-corrected chi connectivity index (χ3v) is 3.17. The summed E-state index contributed by atoms with van der Waals surface area (Å²) in [4.78, 5) is 11.0. The molecule has 5 heteroatoms. The molecule has 18 heavy (non-hydrogen) atoms. The van der Waals surface area contributed by atoms with Crippen molar-refractivity contribution in [2.24, 2.45) is 11.7 Å². The molecule has 0 spiro atoms. The van der Waals surface area contributed by atoms with E-state index in [-0.39, 0.29) is 24.0 Å². The fraction of sp³-hybridized carbons (Fsp3) is 0.462. The van der Waals surface area contributed by atoms with E-state index in [9.17, 15) is 15.0 Å². The molecule has 5 N–H and O–H groups in total. The average molecular weight is 253 g/mol. The van der Waals surface area contributed by atoms with E-state index in [4.69, 9.17) is 10.8 Å². The highest BCUT2D eigenvalue weighted by molar-refractivity contribution is 5.70. The van der Waals surface area contributed by atoms with Crippen LogP contribution in [0.15, 0.2) is 18.2 Å². The van der Waals surface area contributed by atoms with Crippen molar-refractivity contribution < 1.29 is 20.1 Å². The molecule has 1 rings (SSSR count). The number of phenolic OH excluding ortho intramolecular Hbond substituents is 2. The van der Waals surface area contributed by atoms with Crippen LogP contribution in [0, 0.1) is 5.92 Å². The first-order valence-corrected chi connectivity index (χ1v) is 5.94. The van der Waals surface area contributed by atoms with Gasteiger partial charge in [0.1, 0.15) is 0 Å². The van der Waals surface area contributed by atoms with Crippen molar-refractivity contribution in [3.63, 3.8) is 0 Å². The first-order valence-electron chi connectivity index (χ1n) is 5.94. The Kier molecular flexibility index (Phi) is 4.97. The highest BCUT2D eigenvalue weighted by Gasteiger charge is 2.22. The fourth-order valence-electron chi connectivity index (χ4n) is 1.97. The summed E-state index contributed by atoms with van der Waals surface area (Å²) in [6.45, 7) is 2.04. The number of carboxylic acid groups (broad SMARTS) is 1. The number of hydrogen-bond donors (Lipinski definition) is 4. The van der Waals surface area contributed by atoms with Crippen LogP contribution in [0.3, 0.4) is 0 Å². The minimum atomic E-state index is -0.904. The molecule has 0 aliphatic carbocycles. The predicted octanol–water partition coefficient (Wildman–Crippen LogP) is 1.64. The van der Waals surface area contributed by atoms with Crippen molar-refractivity contribution in [3.05, 3.63) is 23.8 Å². The van der Waals surface area contributed by atoms with E-state index >= 15 is 0 Å². The average Bonchev–Trinajstić information content (AvgIpc) is 2.34. The standard InChI is InChI=1S/C13H19NO4/c1-2-8(5-10(7-14)13(17)18)9-3-4-11(15)12(16)6-9/h3-4,6,8,10,15-16H,2,5,7,14H2,1H3,(H,17,18). The monoisotopic (exact) mass is 253 g/mol. The summed E-state index contributed by atoms with van der Waals surface area (Å²) in [5.74, 6) is -1.86. The first-order chi connectivity index (χ1) is 8.49. The Morgan fingerprint density at radius 3 is 2.44 bits per heavy atom. The molecular formula is C13H19NO4. The summed E-state index contributed by atoms with van der Waals surface area (Å²) in [7, 11) is 0. The van der Waals surface area contributed by atoms with Gasteiger partial charge in [-0.2, -0.15) is 0 Å². The Morgan fingerprint density at radius 1 is 1.33 bits per heavy atom. The lowest BCUT2D eigenvalue weighted by Crippen LogP contribution is -2.25. The van der Waals surface area contributed by atoms with Crippen molar-refractivity contribution >= 4 is 5.97 Å². The second kappa shape index (κ2) is 6.26. The minimum absolute atomic E-state index is 0.00106. The van der Waals surface area contributed by atoms with E-state index in [1.54, 1.807) is 6.07 Å². The Labute approximate surface area is 106 Å². The summed E-state index contributed by atoms with van der Waals surface area (Å²) in [5.41, 5.74) is 6.25. The molecule has 1 aromatic carbocycles. The van der Waals surface area contributed by atoms with Crippen LogP contribution in [0.1, 0.15) is 31.2 Å². The number of nitrogens with two attached hydrogens (primary N) is 1. The SMILES string of the molecule is CCC(CC(CN)C(=O)O)c1ccc(O)c(O)c1. The van der Waals surface area contributed by atoms with Gasteiger partial charge < -0.3 is 21.1 Å². The topological polar surface area (TPSA) is 104 Å². The van der Waals surface area contributed by atoms with Gasteiger partial charge in [0, 0.05) is 6.54 Å². The van der Waals surface area contributed by atoms with Gasteiger partial charge in [0.15, 0.2) is 11.5 Å². The zero-order valence-electron chi connectivity index (χ0n) is 10.3. The number of hydrogen-bond acceptors (Lipinski definition) is 4. The van der Waals surface area contributed by atoms with E-state index in [1.165, 1.54) is 12.1 Å². The second-order valence-corrected chi connectivity index (χ2v) is 4.36. The van der Waals surface area contributed by atoms with Gasteiger partial charge in [0.2, 0.25) is 0 Å². The molecule has 0 amide bonds. The molecule has 2 atom stereocenters. The molecule has 100 valence electrons. The van der Waals surface area contributed by atoms with Gasteiger partial charge in [0.05, 0.1) is 5.92 Å². The van der Waals surface area contributed by atoms with Gasteiger partial charge >= 0.3 is 5.97 Å². The van der Waals surface area contributed by atoms with Crippen molar-refractivity contribution in [1.82, 2.24) is 0 Å². The van der Waals surface area contributed by atoms with Crippen LogP contribution in [0.25, 0.3) is 0 Å². The quantitative estimate of drug-likeness (QED) is 0.577. The fourth-order valence-corrected chi connectivity index (χ4v) is 1.97. The van der Waals surface area contributed by atoms with Crippen LogP contribution >= 0.6 is 0 Å². The molecule has 0 bridgehead atoms. The van der Waals surface area contributed by atoms with E-state index < -0.39 is 11.9 Å². The van der Waals surface area contributed by atoms with Crippen LogP contribution < -0.4 is 5.73 Å². The van der Waals surface area contributed by atoms with Gasteiger partial charge in [-0.1, -0.05) is 13.0 Å². The largest absolute Gasteiger partial charge is 0.504 e. The van der Waals surface area contributed by atoms with Crippen molar-refractivity contribution in [3.8, 4) is 11.5 Å². The van der Waals surface area contributed by atoms with Gasteiger partial charge in [-0.05, 0) is 36.5 Å². The van der Waals surface area contributed by atoms with E-state index in [0.717, 1.165) is 12.0 Å². The lowest BCUT2D eigenvalue weighted by molar-refractivity contribution is -0.141. The number of benzene rings is 1. The zero-order valence-corrected chi connectivity index (χ0v) is 10.3. The van der Waals surface area contributed by atoms with Crippen LogP contribution in [0.2, 0.25) is 0 Å². The molecule has 0 radical (unpaired) electrons. The number of rotatable bonds is 6. The second-order valence-electron chi connectivity index (χ2n) is 4.36. The maximum atomic E-state index is 11.0. The number of phenols is 2. The summed E-state index contributed by atoms with van der Waals surface area (Å²) in [5, 5.41) is 27.7. The maximum Gasteiger partial charge on any atom is 0.307 e. The van der Waals surface area contributed by atoms with Gasteiger partial charge in [-0.3, -0.25) is 4.79 Å². The maximum absolute atomic E-state index is 11.0. The van der Waals surface area contributed by atoms with E-state index in [1.807, 2.05) is 6.92 Å². The molecule has 0 aliphatic rings. The number of aliphatic carboxylic acids is 1. The minimum Gasteiger partial charge on any atom is -0.504 e. The highest BCUT2D eigenvalue weighted by Crippen LogP contribution is 2.33. The molecule has 0 aromatic heterocycles. The predicted molar refractivity (Wildman–Crippen MR) is 67.6 cm³/mol. The van der Waals surface area contributed by atoms with Crippen molar-refractivity contribution in [1.29, 1.82) is 0 Å². The number of carboxylic acids is 1. The van der Waals surface area contributed by atoms with Gasteiger partial charge in [0.25, 0.3) is 0 Å². The summed E-state index contributed by atoms with van der Waals surface area (Å²) in [6, 6.07) is 4.57. The zero-order chi connectivity index (χ0) is 13.7. The number of carbonyl (C=O) groups is 1. The molecule has 0 saturated heterocycles. The molecule has 0 saturated carbocycles. The van der Waals surface area contributed by atoms with Crippen molar-refractivity contribution in [2.75, 3.05) is 6.54 Å². The molecular weight excluding hydrogens is 234 g/mol. The summed E-state index contributed by atoms with van der Waals surface area (Å²) < 4.78 is 0. The van der Waals surface area contributed by atoms with Crippen LogP contribution in [-0.4, -0.2) is 27.8 Å². The molecule has 2 unspecified atom stereocenters. The molecule has 0 heterocycles. The molecule has 0 aliphatic heterocycles. The van der Waals surface area contributed by atoms with Crippen LogP contribution in [0.5, 0.6) is 11.5 Å². The Balaban J connectivity index is 2.88. The van der Waals surface area contributed by atoms with Crippen LogP contribution in [0.4, 0.5) is 0 Å². The third kappa shape index (κ3) is 3.37. The molecule has 0 fully saturated rings. The lowest BCUT2D eigenvalue weighted by Gasteiger charge is -2.19. The van der Waals surface area contributed by atoms with Crippen LogP contribution in [-0.2, 0) is 4.79 Å².